The van der Waals surface area contributed by atoms with Crippen LogP contribution in [0.5, 0.6) is 11.5 Å². The van der Waals surface area contributed by atoms with E-state index in [1.807, 2.05) is 19.1 Å². The molecule has 0 fully saturated rings. The van der Waals surface area contributed by atoms with Gasteiger partial charge in [0.1, 0.15) is 18.2 Å². The SMILES string of the molecule is C=CCOc1c(CC=C)cc(-c2cc(C)[nH]c(=O)c2C#N)cc1OCC. The Balaban J connectivity index is 2.75. The molecule has 0 amide bonds. The van der Waals surface area contributed by atoms with Gasteiger partial charge in [0, 0.05) is 16.8 Å². The maximum absolute atomic E-state index is 12.1. The van der Waals surface area contributed by atoms with E-state index in [1.165, 1.54) is 0 Å². The van der Waals surface area contributed by atoms with Gasteiger partial charge in [-0.05, 0) is 44.0 Å². The molecule has 5 nitrogen and oxygen atoms in total. The minimum atomic E-state index is -0.405. The maximum atomic E-state index is 12.1. The van der Waals surface area contributed by atoms with Gasteiger partial charge in [0.05, 0.1) is 6.61 Å². The van der Waals surface area contributed by atoms with Crippen LogP contribution in [0.25, 0.3) is 11.1 Å². The predicted octanol–water partition coefficient (Wildman–Crippen LogP) is 3.91. The molecule has 26 heavy (non-hydrogen) atoms. The molecule has 0 radical (unpaired) electrons. The molecule has 134 valence electrons. The Morgan fingerprint density at radius 1 is 1.23 bits per heavy atom. The number of aromatic amines is 1. The number of nitriles is 1. The fraction of sp³-hybridized carbons (Fsp3) is 0.238. The first-order valence-electron chi connectivity index (χ1n) is 8.34. The van der Waals surface area contributed by atoms with E-state index in [4.69, 9.17) is 9.47 Å². The number of H-pyrrole nitrogens is 1. The van der Waals surface area contributed by atoms with E-state index in [9.17, 15) is 10.1 Å². The third kappa shape index (κ3) is 4.04. The summed E-state index contributed by atoms with van der Waals surface area (Å²) in [5.41, 5.74) is 2.50. The van der Waals surface area contributed by atoms with Gasteiger partial charge in [0.2, 0.25) is 0 Å². The van der Waals surface area contributed by atoms with E-state index in [0.29, 0.717) is 42.4 Å². The second-order valence-electron chi connectivity index (χ2n) is 5.67. The van der Waals surface area contributed by atoms with Crippen LogP contribution < -0.4 is 15.0 Å². The number of rotatable bonds is 8. The Morgan fingerprint density at radius 2 is 2.00 bits per heavy atom. The molecule has 2 aromatic rings. The van der Waals surface area contributed by atoms with E-state index >= 15 is 0 Å². The van der Waals surface area contributed by atoms with Crippen LogP contribution in [0.15, 0.2) is 48.3 Å². The van der Waals surface area contributed by atoms with Crippen LogP contribution in [0.2, 0.25) is 0 Å². The van der Waals surface area contributed by atoms with Gasteiger partial charge in [-0.2, -0.15) is 5.26 Å². The maximum Gasteiger partial charge on any atom is 0.266 e. The molecule has 0 atom stereocenters. The number of nitrogens with zero attached hydrogens (tertiary/aromatic N) is 1. The third-order valence-corrected chi connectivity index (χ3v) is 3.73. The number of hydrogen-bond donors (Lipinski definition) is 1. The number of hydrogen-bond acceptors (Lipinski definition) is 4. The van der Waals surface area contributed by atoms with Crippen molar-refractivity contribution >= 4 is 0 Å². The van der Waals surface area contributed by atoms with Gasteiger partial charge in [0.15, 0.2) is 11.5 Å². The molecular weight excluding hydrogens is 328 g/mol. The number of allylic oxidation sites excluding steroid dienone is 1. The van der Waals surface area contributed by atoms with E-state index in [2.05, 4.69) is 18.1 Å². The van der Waals surface area contributed by atoms with Crippen molar-refractivity contribution < 1.29 is 9.47 Å². The number of pyridine rings is 1. The number of aromatic nitrogens is 1. The van der Waals surface area contributed by atoms with Crippen LogP contribution in [0, 0.1) is 18.3 Å². The average Bonchev–Trinajstić information content (AvgIpc) is 2.60. The van der Waals surface area contributed by atoms with E-state index in [-0.39, 0.29) is 5.56 Å². The highest BCUT2D eigenvalue weighted by Crippen LogP contribution is 2.38. The van der Waals surface area contributed by atoms with Crippen LogP contribution in [-0.2, 0) is 6.42 Å². The summed E-state index contributed by atoms with van der Waals surface area (Å²) >= 11 is 0. The molecule has 1 N–H and O–H groups in total. The van der Waals surface area contributed by atoms with Crippen molar-refractivity contribution in [1.82, 2.24) is 4.98 Å². The highest BCUT2D eigenvalue weighted by atomic mass is 16.5. The lowest BCUT2D eigenvalue weighted by Gasteiger charge is -2.17. The van der Waals surface area contributed by atoms with Crippen molar-refractivity contribution in [3.8, 4) is 28.7 Å². The molecule has 0 aliphatic carbocycles. The van der Waals surface area contributed by atoms with E-state index in [1.54, 1.807) is 31.2 Å². The Labute approximate surface area is 153 Å². The molecule has 0 saturated carbocycles. The van der Waals surface area contributed by atoms with Gasteiger partial charge in [-0.3, -0.25) is 4.79 Å². The molecule has 0 bridgehead atoms. The summed E-state index contributed by atoms with van der Waals surface area (Å²) in [6.45, 7) is 11.9. The molecule has 0 unspecified atom stereocenters. The lowest BCUT2D eigenvalue weighted by Crippen LogP contribution is -2.13. The summed E-state index contributed by atoms with van der Waals surface area (Å²) in [5, 5.41) is 9.41. The molecule has 1 aromatic heterocycles. The van der Waals surface area contributed by atoms with Crippen LogP contribution in [0.4, 0.5) is 0 Å². The van der Waals surface area contributed by atoms with Gasteiger partial charge < -0.3 is 14.5 Å². The van der Waals surface area contributed by atoms with Crippen molar-refractivity contribution in [2.75, 3.05) is 13.2 Å². The van der Waals surface area contributed by atoms with Gasteiger partial charge in [0.25, 0.3) is 5.56 Å². The third-order valence-electron chi connectivity index (χ3n) is 3.73. The van der Waals surface area contributed by atoms with E-state index in [0.717, 1.165) is 11.1 Å². The summed E-state index contributed by atoms with van der Waals surface area (Å²) in [4.78, 5) is 14.8. The van der Waals surface area contributed by atoms with Crippen molar-refractivity contribution in [3.05, 3.63) is 70.7 Å². The first kappa shape index (κ1) is 19.1. The lowest BCUT2D eigenvalue weighted by atomic mass is 9.97. The van der Waals surface area contributed by atoms with Crippen molar-refractivity contribution in [1.29, 1.82) is 5.26 Å². The fourth-order valence-electron chi connectivity index (χ4n) is 2.72. The summed E-state index contributed by atoms with van der Waals surface area (Å²) in [5.74, 6) is 1.18. The number of benzene rings is 1. The Kier molecular flexibility index (Phi) is 6.40. The summed E-state index contributed by atoms with van der Waals surface area (Å²) in [6, 6.07) is 7.47. The highest BCUT2D eigenvalue weighted by Gasteiger charge is 2.17. The molecular formula is C21H22N2O3. The molecule has 2 rings (SSSR count). The zero-order valence-corrected chi connectivity index (χ0v) is 15.1. The first-order chi connectivity index (χ1) is 12.5. The normalized spacial score (nSPS) is 10.0. The van der Waals surface area contributed by atoms with Crippen LogP contribution in [0.1, 0.15) is 23.7 Å². The Morgan fingerprint density at radius 3 is 2.62 bits per heavy atom. The molecule has 0 aliphatic rings. The summed E-state index contributed by atoms with van der Waals surface area (Å²) < 4.78 is 11.5. The second-order valence-corrected chi connectivity index (χ2v) is 5.67. The Bertz CT molecular complexity index is 920. The van der Waals surface area contributed by atoms with Gasteiger partial charge in [-0.15, -0.1) is 6.58 Å². The average molecular weight is 350 g/mol. The zero-order chi connectivity index (χ0) is 19.1. The molecule has 0 saturated heterocycles. The minimum Gasteiger partial charge on any atom is -0.490 e. The Hall–Kier alpha value is -3.26. The lowest BCUT2D eigenvalue weighted by molar-refractivity contribution is 0.295. The monoisotopic (exact) mass is 350 g/mol. The minimum absolute atomic E-state index is 0.0716. The molecule has 1 heterocycles. The van der Waals surface area contributed by atoms with Gasteiger partial charge in [-0.25, -0.2) is 0 Å². The summed E-state index contributed by atoms with van der Waals surface area (Å²) in [6.07, 6.45) is 3.99. The summed E-state index contributed by atoms with van der Waals surface area (Å²) in [7, 11) is 0. The topological polar surface area (TPSA) is 75.1 Å². The zero-order valence-electron chi connectivity index (χ0n) is 15.1. The van der Waals surface area contributed by atoms with Crippen LogP contribution >= 0.6 is 0 Å². The molecule has 0 spiro atoms. The number of nitrogens with one attached hydrogen (secondary N) is 1. The predicted molar refractivity (Wildman–Crippen MR) is 103 cm³/mol. The molecule has 0 aliphatic heterocycles. The molecule has 5 heteroatoms. The van der Waals surface area contributed by atoms with Gasteiger partial charge in [-0.1, -0.05) is 18.7 Å². The fourth-order valence-corrected chi connectivity index (χ4v) is 2.72. The smallest absolute Gasteiger partial charge is 0.266 e. The van der Waals surface area contributed by atoms with Crippen molar-refractivity contribution in [3.63, 3.8) is 0 Å². The van der Waals surface area contributed by atoms with Crippen molar-refractivity contribution in [2.24, 2.45) is 0 Å². The first-order valence-corrected chi connectivity index (χ1v) is 8.34. The van der Waals surface area contributed by atoms with Crippen LogP contribution in [0.3, 0.4) is 0 Å². The standard InChI is InChI=1S/C21H22N2O3/c1-5-8-15-11-16(12-19(25-7-3)20(15)26-9-6-2)17-10-14(4)23-21(24)18(17)13-22/h5-6,10-12H,1-2,7-9H2,3-4H3,(H,23,24). The number of ether oxygens (including phenoxy) is 2. The quantitative estimate of drug-likeness (QED) is 0.732. The largest absolute Gasteiger partial charge is 0.490 e. The van der Waals surface area contributed by atoms with Gasteiger partial charge >= 0.3 is 0 Å². The second kappa shape index (κ2) is 8.72. The van der Waals surface area contributed by atoms with Crippen LogP contribution in [-0.4, -0.2) is 18.2 Å². The number of aryl methyl sites for hydroxylation is 1. The van der Waals surface area contributed by atoms with E-state index < -0.39 is 5.56 Å². The molecule has 1 aromatic carbocycles. The highest BCUT2D eigenvalue weighted by molar-refractivity contribution is 5.74. The van der Waals surface area contributed by atoms with Crippen molar-refractivity contribution in [2.45, 2.75) is 20.3 Å².